The first kappa shape index (κ1) is 30.6. The number of likely N-dealkylation sites (tertiary alicyclic amines) is 1. The maximum Gasteiger partial charge on any atom is 0.229 e. The molecule has 2 fully saturated rings. The van der Waals surface area contributed by atoms with Crippen LogP contribution in [0.4, 0.5) is 28.8 Å². The Morgan fingerprint density at radius 2 is 1.85 bits per heavy atom. The zero-order valence-corrected chi connectivity index (χ0v) is 28.9. The van der Waals surface area contributed by atoms with Crippen LogP contribution in [0.25, 0.3) is 22.2 Å². The van der Waals surface area contributed by atoms with Gasteiger partial charge in [-0.15, -0.1) is 0 Å². The largest absolute Gasteiger partial charge is 0.494 e. The van der Waals surface area contributed by atoms with Gasteiger partial charge in [-0.2, -0.15) is 10.1 Å². The van der Waals surface area contributed by atoms with Crippen molar-refractivity contribution in [2.45, 2.75) is 12.5 Å². The Kier molecular flexibility index (Phi) is 7.94. The Labute approximate surface area is 276 Å². The number of aromatic nitrogens is 6. The minimum absolute atomic E-state index is 0.366. The molecule has 14 heteroatoms. The average molecular weight is 704 g/mol. The van der Waals surface area contributed by atoms with Gasteiger partial charge in [-0.3, -0.25) is 14.6 Å². The second-order valence-electron chi connectivity index (χ2n) is 12.4. The van der Waals surface area contributed by atoms with Gasteiger partial charge >= 0.3 is 0 Å². The van der Waals surface area contributed by atoms with E-state index in [0.717, 1.165) is 48.6 Å². The van der Waals surface area contributed by atoms with Gasteiger partial charge in [0.25, 0.3) is 0 Å². The number of hydrogen-bond donors (Lipinski definition) is 2. The molecule has 0 aliphatic carbocycles. The summed E-state index contributed by atoms with van der Waals surface area (Å²) in [4.78, 5) is 23.2. The molecule has 12 nitrogen and oxygen atoms in total. The quantitative estimate of drug-likeness (QED) is 0.200. The van der Waals surface area contributed by atoms with Crippen molar-refractivity contribution >= 4 is 68.2 Å². The number of nitrogens with one attached hydrogen (secondary N) is 2. The number of hydrogen-bond acceptors (Lipinski definition) is 11. The molecule has 2 saturated heterocycles. The lowest BCUT2D eigenvalue weighted by Gasteiger charge is -2.52. The Balaban J connectivity index is 1.24. The molecule has 2 atom stereocenters. The summed E-state index contributed by atoms with van der Waals surface area (Å²) in [6.45, 7) is 6.57. The summed E-state index contributed by atoms with van der Waals surface area (Å²) in [5.74, 6) is 2.22. The summed E-state index contributed by atoms with van der Waals surface area (Å²) in [5, 5.41) is 11.8. The fourth-order valence-corrected chi connectivity index (χ4v) is 8.37. The summed E-state index contributed by atoms with van der Waals surface area (Å²) in [6, 6.07) is 8.58. The molecule has 46 heavy (non-hydrogen) atoms. The van der Waals surface area contributed by atoms with Crippen molar-refractivity contribution in [3.8, 4) is 16.9 Å². The van der Waals surface area contributed by atoms with Gasteiger partial charge in [0.05, 0.1) is 40.0 Å². The first-order valence-electron chi connectivity index (χ1n) is 15.1. The van der Waals surface area contributed by atoms with Crippen molar-refractivity contribution in [2.75, 3.05) is 62.7 Å². The molecule has 2 aliphatic rings. The van der Waals surface area contributed by atoms with Crippen LogP contribution in [0.2, 0.25) is 0 Å². The molecule has 2 aliphatic heterocycles. The van der Waals surface area contributed by atoms with E-state index in [0.29, 0.717) is 56.0 Å². The van der Waals surface area contributed by atoms with E-state index >= 15 is 0 Å². The predicted octanol–water partition coefficient (Wildman–Crippen LogP) is 5.47. The molecular weight excluding hydrogens is 667 g/mol. The SMILES string of the molecule is COc1cc(N2CCC3C(C2)CN3C)c(-c2cnn(C)c2)cc1Nc1ncc(Br)c(Nc2ccc3nccnc3c2P(C)(C)=O)n1. The van der Waals surface area contributed by atoms with Crippen LogP contribution in [-0.2, 0) is 11.6 Å². The van der Waals surface area contributed by atoms with Gasteiger partial charge < -0.3 is 29.7 Å². The molecule has 0 radical (unpaired) electrons. The Morgan fingerprint density at radius 3 is 2.57 bits per heavy atom. The van der Waals surface area contributed by atoms with Gasteiger partial charge in [0, 0.05) is 86.3 Å². The smallest absolute Gasteiger partial charge is 0.229 e. The highest BCUT2D eigenvalue weighted by Gasteiger charge is 2.40. The van der Waals surface area contributed by atoms with Crippen LogP contribution < -0.4 is 25.6 Å². The zero-order valence-electron chi connectivity index (χ0n) is 26.4. The summed E-state index contributed by atoms with van der Waals surface area (Å²) in [6.07, 6.45) is 9.98. The van der Waals surface area contributed by atoms with Gasteiger partial charge in [-0.25, -0.2) is 4.98 Å². The maximum absolute atomic E-state index is 13.5. The number of nitrogens with zero attached hydrogens (tertiary/aromatic N) is 8. The maximum atomic E-state index is 13.5. The molecule has 7 rings (SSSR count). The average Bonchev–Trinajstić information content (AvgIpc) is 3.47. The molecule has 0 spiro atoms. The van der Waals surface area contributed by atoms with Crippen LogP contribution in [0, 0.1) is 5.92 Å². The first-order chi connectivity index (χ1) is 22.1. The third-order valence-corrected chi connectivity index (χ3v) is 11.0. The van der Waals surface area contributed by atoms with Crippen LogP contribution in [0.1, 0.15) is 6.42 Å². The molecule has 2 aromatic carbocycles. The minimum atomic E-state index is -2.76. The molecule has 5 aromatic rings. The lowest BCUT2D eigenvalue weighted by molar-refractivity contribution is 0.0271. The fraction of sp³-hybridized carbons (Fsp3) is 0.344. The lowest BCUT2D eigenvalue weighted by atomic mass is 9.83. The minimum Gasteiger partial charge on any atom is -0.494 e. The monoisotopic (exact) mass is 702 g/mol. The highest BCUT2D eigenvalue weighted by Crippen LogP contribution is 2.44. The predicted molar refractivity (Wildman–Crippen MR) is 187 cm³/mol. The molecule has 0 saturated carbocycles. The number of piperidine rings is 1. The Morgan fingerprint density at radius 1 is 1.02 bits per heavy atom. The van der Waals surface area contributed by atoms with Gasteiger partial charge in [0.15, 0.2) is 0 Å². The third kappa shape index (κ3) is 5.72. The number of ether oxygens (including phenoxy) is 1. The van der Waals surface area contributed by atoms with E-state index in [4.69, 9.17) is 9.72 Å². The molecular formula is C32H36BrN10O2P. The van der Waals surface area contributed by atoms with Crippen molar-refractivity contribution in [3.05, 3.63) is 59.7 Å². The molecule has 2 unspecified atom stereocenters. The van der Waals surface area contributed by atoms with Crippen LogP contribution in [-0.4, -0.2) is 87.8 Å². The number of fused-ring (bicyclic) bond motifs is 2. The van der Waals surface area contributed by atoms with Crippen molar-refractivity contribution < 1.29 is 9.30 Å². The third-order valence-electron chi connectivity index (χ3n) is 8.85. The summed E-state index contributed by atoms with van der Waals surface area (Å²) in [7, 11) is 3.06. The first-order valence-corrected chi connectivity index (χ1v) is 18.5. The second-order valence-corrected chi connectivity index (χ2v) is 16.4. The fourth-order valence-electron chi connectivity index (χ4n) is 6.69. The van der Waals surface area contributed by atoms with Crippen LogP contribution in [0.15, 0.2) is 59.7 Å². The van der Waals surface area contributed by atoms with E-state index in [-0.39, 0.29) is 0 Å². The van der Waals surface area contributed by atoms with Crippen molar-refractivity contribution in [2.24, 2.45) is 13.0 Å². The molecule has 3 aromatic heterocycles. The van der Waals surface area contributed by atoms with Crippen LogP contribution in [0.5, 0.6) is 5.75 Å². The second kappa shape index (κ2) is 11.9. The van der Waals surface area contributed by atoms with E-state index in [1.165, 1.54) is 0 Å². The number of anilines is 5. The number of rotatable bonds is 8. The van der Waals surface area contributed by atoms with Crippen molar-refractivity contribution in [1.29, 1.82) is 0 Å². The van der Waals surface area contributed by atoms with Gasteiger partial charge in [-0.1, -0.05) is 0 Å². The molecule has 0 bridgehead atoms. The van der Waals surface area contributed by atoms with E-state index in [1.807, 2.05) is 36.3 Å². The van der Waals surface area contributed by atoms with E-state index in [2.05, 4.69) is 75.6 Å². The molecule has 5 heterocycles. The number of benzene rings is 2. The standard InChI is InChI=1S/C32H36BrN10O2P/c1-41-16-20-18-43(11-8-26(20)41)27-13-28(45-3)25(12-21(27)19-14-37-42(2)17-19)39-32-36-15-22(33)31(40-32)38-24-7-6-23-29(35-10-9-34-23)30(24)46(4,5)44/h6-7,9-10,12-15,17,20,26H,8,11,16,18H2,1-5H3,(H2,36,38,39,40). The van der Waals surface area contributed by atoms with Crippen molar-refractivity contribution in [1.82, 2.24) is 34.6 Å². The Hall–Kier alpha value is -4.06. The summed E-state index contributed by atoms with van der Waals surface area (Å²) >= 11 is 3.59. The summed E-state index contributed by atoms with van der Waals surface area (Å²) in [5.41, 5.74) is 5.86. The van der Waals surface area contributed by atoms with E-state index < -0.39 is 7.14 Å². The topological polar surface area (TPSA) is 126 Å². The Bertz CT molecular complexity index is 2000. The van der Waals surface area contributed by atoms with Gasteiger partial charge in [0.1, 0.15) is 24.2 Å². The van der Waals surface area contributed by atoms with E-state index in [1.54, 1.807) is 39.0 Å². The van der Waals surface area contributed by atoms with E-state index in [9.17, 15) is 4.57 Å². The van der Waals surface area contributed by atoms with Crippen LogP contribution >= 0.6 is 23.1 Å². The van der Waals surface area contributed by atoms with Crippen LogP contribution in [0.3, 0.4) is 0 Å². The van der Waals surface area contributed by atoms with Gasteiger partial charge in [-0.05, 0) is 60.9 Å². The molecule has 0 amide bonds. The zero-order chi connectivity index (χ0) is 32.2. The van der Waals surface area contributed by atoms with Gasteiger partial charge in [0.2, 0.25) is 5.95 Å². The molecule has 2 N–H and O–H groups in total. The number of methoxy groups -OCH3 is 1. The summed E-state index contributed by atoms with van der Waals surface area (Å²) < 4.78 is 21.8. The number of aryl methyl sites for hydroxylation is 1. The highest BCUT2D eigenvalue weighted by atomic mass is 79.9. The lowest BCUT2D eigenvalue weighted by Crippen LogP contribution is -2.61. The number of halogens is 1. The molecule has 238 valence electrons. The highest BCUT2D eigenvalue weighted by molar-refractivity contribution is 9.10. The normalized spacial score (nSPS) is 18.3. The van der Waals surface area contributed by atoms with Crippen molar-refractivity contribution in [3.63, 3.8) is 0 Å².